The van der Waals surface area contributed by atoms with E-state index in [0.717, 1.165) is 58.2 Å². The highest BCUT2D eigenvalue weighted by Crippen LogP contribution is 2.24. The summed E-state index contributed by atoms with van der Waals surface area (Å²) in [6.07, 6.45) is 3.74. The summed E-state index contributed by atoms with van der Waals surface area (Å²) in [6.45, 7) is 11.1. The highest BCUT2D eigenvalue weighted by molar-refractivity contribution is 5.79. The lowest BCUT2D eigenvalue weighted by Gasteiger charge is -2.40. The Morgan fingerprint density at radius 3 is 2.69 bits per heavy atom. The van der Waals surface area contributed by atoms with Crippen molar-refractivity contribution in [1.29, 1.82) is 0 Å². The number of nitrogens with one attached hydrogen (secondary N) is 2. The molecule has 2 aliphatic rings. The van der Waals surface area contributed by atoms with Gasteiger partial charge in [-0.1, -0.05) is 37.3 Å². The van der Waals surface area contributed by atoms with Crippen molar-refractivity contribution < 1.29 is 0 Å². The molecule has 0 aromatic heterocycles. The second-order valence-corrected chi connectivity index (χ2v) is 8.38. The molecule has 2 atom stereocenters. The van der Waals surface area contributed by atoms with Crippen molar-refractivity contribution in [2.45, 2.75) is 38.3 Å². The average molecular weight is 401 g/mol. The van der Waals surface area contributed by atoms with E-state index in [4.69, 9.17) is 0 Å². The standard InChI is InChI=1S/C23H40N6/c1-4-28-14-8-12-21(28)18-26-23(24-2)25-13-9-15-29-17-16-27(3)19-22(29)20-10-6-5-7-11-20/h5-7,10-11,21-22H,4,8-9,12-19H2,1-3H3,(H2,24,25,26). The summed E-state index contributed by atoms with van der Waals surface area (Å²) in [6, 6.07) is 12.1. The smallest absolute Gasteiger partial charge is 0.191 e. The van der Waals surface area contributed by atoms with Crippen LogP contribution in [-0.2, 0) is 0 Å². The van der Waals surface area contributed by atoms with E-state index in [1.165, 1.54) is 24.9 Å². The van der Waals surface area contributed by atoms with Crippen molar-refractivity contribution >= 4 is 5.96 Å². The highest BCUT2D eigenvalue weighted by atomic mass is 15.3. The van der Waals surface area contributed by atoms with Gasteiger partial charge in [-0.3, -0.25) is 14.8 Å². The number of likely N-dealkylation sites (N-methyl/N-ethyl adjacent to an activating group) is 2. The SMILES string of the molecule is CCN1CCCC1CNC(=NC)NCCCN1CCN(C)CC1c1ccccc1. The van der Waals surface area contributed by atoms with Crippen molar-refractivity contribution in [1.82, 2.24) is 25.3 Å². The fraction of sp³-hybridized carbons (Fsp3) is 0.696. The molecule has 0 spiro atoms. The van der Waals surface area contributed by atoms with E-state index in [9.17, 15) is 0 Å². The number of benzene rings is 1. The van der Waals surface area contributed by atoms with Crippen LogP contribution >= 0.6 is 0 Å². The zero-order valence-electron chi connectivity index (χ0n) is 18.6. The molecule has 162 valence electrons. The second kappa shape index (κ2) is 11.5. The Morgan fingerprint density at radius 2 is 1.93 bits per heavy atom. The van der Waals surface area contributed by atoms with Gasteiger partial charge in [0.05, 0.1) is 0 Å². The van der Waals surface area contributed by atoms with Crippen LogP contribution in [0.15, 0.2) is 35.3 Å². The molecule has 1 aromatic rings. The van der Waals surface area contributed by atoms with Crippen molar-refractivity contribution in [3.05, 3.63) is 35.9 Å². The Balaban J connectivity index is 1.41. The summed E-state index contributed by atoms with van der Waals surface area (Å²) in [5.41, 5.74) is 1.43. The first-order chi connectivity index (χ1) is 14.2. The summed E-state index contributed by atoms with van der Waals surface area (Å²) >= 11 is 0. The monoisotopic (exact) mass is 400 g/mol. The Hall–Kier alpha value is -1.63. The molecule has 0 bridgehead atoms. The first-order valence-electron chi connectivity index (χ1n) is 11.4. The molecule has 3 rings (SSSR count). The van der Waals surface area contributed by atoms with E-state index in [2.05, 4.69) is 74.6 Å². The first kappa shape index (κ1) is 22.1. The Labute approximate surface area is 177 Å². The van der Waals surface area contributed by atoms with Crippen molar-refractivity contribution in [3.8, 4) is 0 Å². The molecule has 0 saturated carbocycles. The van der Waals surface area contributed by atoms with Crippen LogP contribution in [0.4, 0.5) is 0 Å². The molecule has 2 unspecified atom stereocenters. The van der Waals surface area contributed by atoms with Crippen LogP contribution in [0.2, 0.25) is 0 Å². The summed E-state index contributed by atoms with van der Waals surface area (Å²) in [7, 11) is 4.10. The van der Waals surface area contributed by atoms with Gasteiger partial charge in [-0.2, -0.15) is 0 Å². The van der Waals surface area contributed by atoms with Gasteiger partial charge in [0.1, 0.15) is 0 Å². The Bertz CT molecular complexity index is 619. The summed E-state index contributed by atoms with van der Waals surface area (Å²) in [4.78, 5) is 12.1. The lowest BCUT2D eigenvalue weighted by atomic mass is 10.0. The number of hydrogen-bond donors (Lipinski definition) is 2. The predicted molar refractivity (Wildman–Crippen MR) is 123 cm³/mol. The number of guanidine groups is 1. The summed E-state index contributed by atoms with van der Waals surface area (Å²) in [5, 5.41) is 7.04. The van der Waals surface area contributed by atoms with Gasteiger partial charge in [0.2, 0.25) is 0 Å². The van der Waals surface area contributed by atoms with Gasteiger partial charge in [-0.15, -0.1) is 0 Å². The van der Waals surface area contributed by atoms with Crippen molar-refractivity contribution in [2.75, 3.05) is 66.5 Å². The highest BCUT2D eigenvalue weighted by Gasteiger charge is 2.26. The lowest BCUT2D eigenvalue weighted by Crippen LogP contribution is -2.48. The summed E-state index contributed by atoms with van der Waals surface area (Å²) in [5.74, 6) is 0.936. The van der Waals surface area contributed by atoms with E-state index in [0.29, 0.717) is 12.1 Å². The maximum Gasteiger partial charge on any atom is 0.191 e. The maximum atomic E-state index is 4.41. The van der Waals surface area contributed by atoms with Gasteiger partial charge in [0.25, 0.3) is 0 Å². The predicted octanol–water partition coefficient (Wildman–Crippen LogP) is 2.01. The molecular formula is C23H40N6. The number of hydrogen-bond acceptors (Lipinski definition) is 4. The molecule has 2 N–H and O–H groups in total. The van der Waals surface area contributed by atoms with Crippen LogP contribution in [-0.4, -0.2) is 93.2 Å². The van der Waals surface area contributed by atoms with E-state index in [-0.39, 0.29) is 0 Å². The van der Waals surface area contributed by atoms with Gasteiger partial charge in [0, 0.05) is 58.4 Å². The van der Waals surface area contributed by atoms with Crippen molar-refractivity contribution in [3.63, 3.8) is 0 Å². The quantitative estimate of drug-likeness (QED) is 0.397. The third-order valence-electron chi connectivity index (χ3n) is 6.43. The van der Waals surface area contributed by atoms with Crippen molar-refractivity contribution in [2.24, 2.45) is 4.99 Å². The molecule has 2 saturated heterocycles. The van der Waals surface area contributed by atoms with Gasteiger partial charge >= 0.3 is 0 Å². The van der Waals surface area contributed by atoms with E-state index in [1.54, 1.807) is 0 Å². The molecule has 0 radical (unpaired) electrons. The van der Waals surface area contributed by atoms with Gasteiger partial charge in [0.15, 0.2) is 5.96 Å². The normalized spacial score (nSPS) is 24.7. The molecule has 6 heteroatoms. The number of likely N-dealkylation sites (tertiary alicyclic amines) is 1. The zero-order chi connectivity index (χ0) is 20.5. The summed E-state index contributed by atoms with van der Waals surface area (Å²) < 4.78 is 0. The molecule has 29 heavy (non-hydrogen) atoms. The largest absolute Gasteiger partial charge is 0.356 e. The fourth-order valence-electron chi connectivity index (χ4n) is 4.68. The van der Waals surface area contributed by atoms with Crippen LogP contribution < -0.4 is 10.6 Å². The molecular weight excluding hydrogens is 360 g/mol. The molecule has 2 heterocycles. The average Bonchev–Trinajstić information content (AvgIpc) is 3.22. The number of piperazine rings is 1. The lowest BCUT2D eigenvalue weighted by molar-refractivity contribution is 0.0891. The molecule has 0 aliphatic carbocycles. The molecule has 2 aliphatic heterocycles. The van der Waals surface area contributed by atoms with Crippen LogP contribution in [0, 0.1) is 0 Å². The Morgan fingerprint density at radius 1 is 1.10 bits per heavy atom. The third kappa shape index (κ3) is 6.43. The topological polar surface area (TPSA) is 46.1 Å². The van der Waals surface area contributed by atoms with Gasteiger partial charge in [-0.05, 0) is 45.0 Å². The third-order valence-corrected chi connectivity index (χ3v) is 6.43. The first-order valence-corrected chi connectivity index (χ1v) is 11.4. The minimum Gasteiger partial charge on any atom is -0.356 e. The van der Waals surface area contributed by atoms with Crippen LogP contribution in [0.3, 0.4) is 0 Å². The van der Waals surface area contributed by atoms with Crippen LogP contribution in [0.25, 0.3) is 0 Å². The molecule has 2 fully saturated rings. The van der Waals surface area contributed by atoms with Gasteiger partial charge in [-0.25, -0.2) is 0 Å². The molecule has 6 nitrogen and oxygen atoms in total. The minimum absolute atomic E-state index is 0.495. The zero-order valence-corrected chi connectivity index (χ0v) is 18.6. The Kier molecular flexibility index (Phi) is 8.77. The van der Waals surface area contributed by atoms with E-state index in [1.807, 2.05) is 7.05 Å². The fourth-order valence-corrected chi connectivity index (χ4v) is 4.68. The van der Waals surface area contributed by atoms with Crippen LogP contribution in [0.5, 0.6) is 0 Å². The minimum atomic E-state index is 0.495. The number of nitrogens with zero attached hydrogens (tertiary/aromatic N) is 4. The molecule has 1 aromatic carbocycles. The van der Waals surface area contributed by atoms with E-state index >= 15 is 0 Å². The number of aliphatic imine (C=N–C) groups is 1. The van der Waals surface area contributed by atoms with E-state index < -0.39 is 0 Å². The second-order valence-electron chi connectivity index (χ2n) is 8.38. The maximum absolute atomic E-state index is 4.41. The molecule has 0 amide bonds. The van der Waals surface area contributed by atoms with Gasteiger partial charge < -0.3 is 15.5 Å². The number of rotatable bonds is 8. The van der Waals surface area contributed by atoms with Crippen LogP contribution in [0.1, 0.15) is 37.8 Å².